The molecule has 2 rings (SSSR count). The van der Waals surface area contributed by atoms with Gasteiger partial charge in [-0.15, -0.1) is 0 Å². The summed E-state index contributed by atoms with van der Waals surface area (Å²) in [5.74, 6) is 0.246. The highest BCUT2D eigenvalue weighted by Crippen LogP contribution is 2.20. The number of aromatic amines is 1. The Labute approximate surface area is 92.7 Å². The van der Waals surface area contributed by atoms with Gasteiger partial charge in [0.25, 0.3) is 0 Å². The number of anilines is 1. The maximum atomic E-state index is 11.3. The summed E-state index contributed by atoms with van der Waals surface area (Å²) in [6.45, 7) is 3.39. The number of ketones is 1. The standard InChI is InChI=1S/C11H12N4O/c1-6-8(7(2)16)5-10(14-6)9-3-4-13-11(12)15-9/h3-5,14H,1-2H3,(H2,12,13,15). The van der Waals surface area contributed by atoms with Crippen molar-refractivity contribution in [2.24, 2.45) is 0 Å². The Balaban J connectivity index is 2.49. The van der Waals surface area contributed by atoms with E-state index in [0.29, 0.717) is 11.3 Å². The molecule has 0 spiro atoms. The van der Waals surface area contributed by atoms with Crippen LogP contribution in [0.4, 0.5) is 5.95 Å². The second kappa shape index (κ2) is 3.77. The number of carbonyl (C=O) groups is 1. The molecule has 2 aromatic rings. The molecule has 0 aliphatic heterocycles. The van der Waals surface area contributed by atoms with E-state index in [4.69, 9.17) is 5.73 Å². The van der Waals surface area contributed by atoms with Crippen molar-refractivity contribution in [2.45, 2.75) is 13.8 Å². The third-order valence-electron chi connectivity index (χ3n) is 2.34. The van der Waals surface area contributed by atoms with E-state index in [1.54, 1.807) is 18.3 Å². The minimum Gasteiger partial charge on any atom is -0.368 e. The molecule has 3 N–H and O–H groups in total. The highest BCUT2D eigenvalue weighted by atomic mass is 16.1. The van der Waals surface area contributed by atoms with Gasteiger partial charge in [0.1, 0.15) is 0 Å². The third-order valence-corrected chi connectivity index (χ3v) is 2.34. The number of carbonyl (C=O) groups excluding carboxylic acids is 1. The monoisotopic (exact) mass is 216 g/mol. The minimum atomic E-state index is 0.0297. The number of hydrogen-bond donors (Lipinski definition) is 2. The van der Waals surface area contributed by atoms with Gasteiger partial charge in [0, 0.05) is 17.5 Å². The van der Waals surface area contributed by atoms with Crippen LogP contribution in [0, 0.1) is 6.92 Å². The summed E-state index contributed by atoms with van der Waals surface area (Å²) in [6.07, 6.45) is 1.58. The number of aromatic nitrogens is 3. The van der Waals surface area contributed by atoms with Crippen molar-refractivity contribution in [3.8, 4) is 11.4 Å². The lowest BCUT2D eigenvalue weighted by molar-refractivity contribution is 0.101. The molecule has 5 nitrogen and oxygen atoms in total. The number of nitrogens with one attached hydrogen (secondary N) is 1. The van der Waals surface area contributed by atoms with Gasteiger partial charge >= 0.3 is 0 Å². The highest BCUT2D eigenvalue weighted by molar-refractivity contribution is 5.96. The van der Waals surface area contributed by atoms with E-state index in [1.807, 2.05) is 6.92 Å². The molecule has 0 radical (unpaired) electrons. The number of H-pyrrole nitrogens is 1. The number of nitrogen functional groups attached to an aromatic ring is 1. The lowest BCUT2D eigenvalue weighted by Gasteiger charge is -1.96. The van der Waals surface area contributed by atoms with E-state index in [-0.39, 0.29) is 11.7 Å². The van der Waals surface area contributed by atoms with Crippen LogP contribution in [-0.4, -0.2) is 20.7 Å². The molecule has 0 amide bonds. The van der Waals surface area contributed by atoms with E-state index in [2.05, 4.69) is 15.0 Å². The quantitative estimate of drug-likeness (QED) is 0.746. The average Bonchev–Trinajstić information content (AvgIpc) is 2.60. The Hall–Kier alpha value is -2.17. The first-order valence-corrected chi connectivity index (χ1v) is 4.87. The molecule has 0 saturated carbocycles. The van der Waals surface area contributed by atoms with Crippen LogP contribution in [0.3, 0.4) is 0 Å². The largest absolute Gasteiger partial charge is 0.368 e. The van der Waals surface area contributed by atoms with Crippen molar-refractivity contribution in [2.75, 3.05) is 5.73 Å². The second-order valence-electron chi connectivity index (χ2n) is 3.58. The Morgan fingerprint density at radius 1 is 1.50 bits per heavy atom. The molecule has 0 aliphatic rings. The zero-order valence-electron chi connectivity index (χ0n) is 9.11. The van der Waals surface area contributed by atoms with Crippen molar-refractivity contribution < 1.29 is 4.79 Å². The van der Waals surface area contributed by atoms with Gasteiger partial charge in [-0.25, -0.2) is 9.97 Å². The fourth-order valence-corrected chi connectivity index (χ4v) is 1.59. The first kappa shape index (κ1) is 10.4. The van der Waals surface area contributed by atoms with Crippen LogP contribution < -0.4 is 5.73 Å². The van der Waals surface area contributed by atoms with Crippen molar-refractivity contribution >= 4 is 11.7 Å². The number of Topliss-reactive ketones (excluding diaryl/α,β-unsaturated/α-hetero) is 1. The van der Waals surface area contributed by atoms with Gasteiger partial charge in [-0.05, 0) is 26.0 Å². The van der Waals surface area contributed by atoms with E-state index < -0.39 is 0 Å². The molecule has 2 heterocycles. The zero-order chi connectivity index (χ0) is 11.7. The summed E-state index contributed by atoms with van der Waals surface area (Å²) < 4.78 is 0. The van der Waals surface area contributed by atoms with Crippen LogP contribution in [0.15, 0.2) is 18.3 Å². The summed E-state index contributed by atoms with van der Waals surface area (Å²) in [5.41, 5.74) is 8.46. The molecular formula is C11H12N4O. The molecule has 0 aromatic carbocycles. The molecule has 0 bridgehead atoms. The molecule has 0 unspecified atom stereocenters. The Bertz CT molecular complexity index is 545. The fourth-order valence-electron chi connectivity index (χ4n) is 1.59. The summed E-state index contributed by atoms with van der Waals surface area (Å²) in [6, 6.07) is 3.52. The number of rotatable bonds is 2. The van der Waals surface area contributed by atoms with Crippen molar-refractivity contribution in [1.29, 1.82) is 0 Å². The summed E-state index contributed by atoms with van der Waals surface area (Å²) >= 11 is 0. The third kappa shape index (κ3) is 1.79. The fraction of sp³-hybridized carbons (Fsp3) is 0.182. The van der Waals surface area contributed by atoms with Gasteiger partial charge in [0.15, 0.2) is 5.78 Å². The van der Waals surface area contributed by atoms with Crippen LogP contribution in [0.1, 0.15) is 23.0 Å². The molecule has 2 aromatic heterocycles. The van der Waals surface area contributed by atoms with Crippen LogP contribution in [0.2, 0.25) is 0 Å². The topological polar surface area (TPSA) is 84.7 Å². The minimum absolute atomic E-state index is 0.0297. The molecule has 0 fully saturated rings. The average molecular weight is 216 g/mol. The number of hydrogen-bond acceptors (Lipinski definition) is 4. The lowest BCUT2D eigenvalue weighted by Crippen LogP contribution is -1.95. The lowest BCUT2D eigenvalue weighted by atomic mass is 10.2. The number of nitrogens with two attached hydrogens (primary N) is 1. The first-order chi connectivity index (χ1) is 7.58. The highest BCUT2D eigenvalue weighted by Gasteiger charge is 2.10. The normalized spacial score (nSPS) is 10.4. The van der Waals surface area contributed by atoms with Crippen LogP contribution in [-0.2, 0) is 0 Å². The Kier molecular flexibility index (Phi) is 2.44. The molecular weight excluding hydrogens is 204 g/mol. The first-order valence-electron chi connectivity index (χ1n) is 4.87. The smallest absolute Gasteiger partial charge is 0.220 e. The predicted octanol–water partition coefficient (Wildman–Crippen LogP) is 1.56. The Morgan fingerprint density at radius 2 is 2.25 bits per heavy atom. The number of nitrogens with zero attached hydrogens (tertiary/aromatic N) is 2. The molecule has 0 saturated heterocycles. The van der Waals surface area contributed by atoms with Gasteiger partial charge in [-0.2, -0.15) is 0 Å². The van der Waals surface area contributed by atoms with Gasteiger partial charge in [0.2, 0.25) is 5.95 Å². The van der Waals surface area contributed by atoms with Crippen molar-refractivity contribution in [1.82, 2.24) is 15.0 Å². The summed E-state index contributed by atoms with van der Waals surface area (Å²) in [5, 5.41) is 0. The molecule has 5 heteroatoms. The maximum absolute atomic E-state index is 11.3. The van der Waals surface area contributed by atoms with Crippen molar-refractivity contribution in [3.05, 3.63) is 29.6 Å². The van der Waals surface area contributed by atoms with E-state index in [0.717, 1.165) is 11.4 Å². The van der Waals surface area contributed by atoms with Gasteiger partial charge in [0.05, 0.1) is 11.4 Å². The Morgan fingerprint density at radius 3 is 2.81 bits per heavy atom. The van der Waals surface area contributed by atoms with Gasteiger partial charge < -0.3 is 10.7 Å². The van der Waals surface area contributed by atoms with E-state index in [9.17, 15) is 4.79 Å². The summed E-state index contributed by atoms with van der Waals surface area (Å²) in [4.78, 5) is 22.3. The van der Waals surface area contributed by atoms with Crippen LogP contribution in [0.5, 0.6) is 0 Å². The SMILES string of the molecule is CC(=O)c1cc(-c2ccnc(N)n2)[nH]c1C. The molecule has 0 aliphatic carbocycles. The maximum Gasteiger partial charge on any atom is 0.220 e. The van der Waals surface area contributed by atoms with Crippen LogP contribution in [0.25, 0.3) is 11.4 Å². The molecule has 82 valence electrons. The number of aryl methyl sites for hydroxylation is 1. The van der Waals surface area contributed by atoms with E-state index >= 15 is 0 Å². The zero-order valence-corrected chi connectivity index (χ0v) is 9.11. The molecule has 16 heavy (non-hydrogen) atoms. The predicted molar refractivity (Wildman–Crippen MR) is 61.0 cm³/mol. The van der Waals surface area contributed by atoms with Crippen LogP contribution >= 0.6 is 0 Å². The summed E-state index contributed by atoms with van der Waals surface area (Å²) in [7, 11) is 0. The molecule has 0 atom stereocenters. The van der Waals surface area contributed by atoms with Gasteiger partial charge in [-0.1, -0.05) is 0 Å². The second-order valence-corrected chi connectivity index (χ2v) is 3.58. The van der Waals surface area contributed by atoms with Crippen molar-refractivity contribution in [3.63, 3.8) is 0 Å². The van der Waals surface area contributed by atoms with Gasteiger partial charge in [-0.3, -0.25) is 4.79 Å². The van der Waals surface area contributed by atoms with E-state index in [1.165, 1.54) is 6.92 Å².